The van der Waals surface area contributed by atoms with Gasteiger partial charge in [-0.25, -0.2) is 13.1 Å². The fourth-order valence-corrected chi connectivity index (χ4v) is 3.12. The lowest BCUT2D eigenvalue weighted by molar-refractivity contribution is -0.128. The molecule has 0 aliphatic carbocycles. The highest BCUT2D eigenvalue weighted by atomic mass is 79.9. The van der Waals surface area contributed by atoms with E-state index in [2.05, 4.69) is 26.0 Å². The fraction of sp³-hybridized carbons (Fsp3) is 0.462. The first kappa shape index (κ1) is 17.1. The first-order valence-corrected chi connectivity index (χ1v) is 8.70. The Labute approximate surface area is 128 Å². The largest absolute Gasteiger partial charge is 0.359 e. The van der Waals surface area contributed by atoms with Gasteiger partial charge in [-0.3, -0.25) is 4.79 Å². The minimum Gasteiger partial charge on any atom is -0.359 e. The second kappa shape index (κ2) is 6.69. The van der Waals surface area contributed by atoms with Crippen LogP contribution in [0.5, 0.6) is 0 Å². The van der Waals surface area contributed by atoms with E-state index >= 15 is 0 Å². The average Bonchev–Trinajstić information content (AvgIpc) is 2.44. The van der Waals surface area contributed by atoms with Crippen molar-refractivity contribution < 1.29 is 13.2 Å². The predicted molar refractivity (Wildman–Crippen MR) is 82.1 cm³/mol. The summed E-state index contributed by atoms with van der Waals surface area (Å²) in [5.41, 5.74) is 0.187. The molecule has 20 heavy (non-hydrogen) atoms. The van der Waals surface area contributed by atoms with E-state index in [0.29, 0.717) is 5.33 Å². The number of carbonyl (C=O) groups is 1. The van der Waals surface area contributed by atoms with E-state index < -0.39 is 15.4 Å². The highest BCUT2D eigenvalue weighted by Crippen LogP contribution is 2.17. The van der Waals surface area contributed by atoms with Crippen LogP contribution in [-0.2, 0) is 20.1 Å². The van der Waals surface area contributed by atoms with Crippen molar-refractivity contribution in [1.29, 1.82) is 0 Å². The molecule has 0 atom stereocenters. The molecule has 0 unspecified atom stereocenters. The normalized spacial score (nSPS) is 12.2. The maximum Gasteiger partial charge on any atom is 0.240 e. The smallest absolute Gasteiger partial charge is 0.240 e. The quantitative estimate of drug-likeness (QED) is 0.755. The van der Waals surface area contributed by atoms with Gasteiger partial charge in [0.15, 0.2) is 0 Å². The lowest BCUT2D eigenvalue weighted by Gasteiger charge is -2.22. The van der Waals surface area contributed by atoms with Crippen LogP contribution < -0.4 is 10.0 Å². The number of sulfonamides is 1. The van der Waals surface area contributed by atoms with E-state index in [1.165, 1.54) is 7.05 Å². The molecule has 0 aliphatic heterocycles. The van der Waals surface area contributed by atoms with E-state index in [4.69, 9.17) is 0 Å². The highest BCUT2D eigenvalue weighted by Gasteiger charge is 2.28. The maximum atomic E-state index is 12.1. The molecule has 0 aliphatic rings. The Hall–Kier alpha value is -0.920. The molecular formula is C13H19BrN2O3S. The van der Waals surface area contributed by atoms with Crippen LogP contribution in [0.25, 0.3) is 0 Å². The van der Waals surface area contributed by atoms with Gasteiger partial charge >= 0.3 is 0 Å². The summed E-state index contributed by atoms with van der Waals surface area (Å²) < 4.78 is 26.7. The number of hydrogen-bond acceptors (Lipinski definition) is 3. The minimum atomic E-state index is -3.61. The molecule has 0 bridgehead atoms. The molecule has 0 fully saturated rings. The van der Waals surface area contributed by atoms with Crippen molar-refractivity contribution in [2.24, 2.45) is 5.41 Å². The van der Waals surface area contributed by atoms with Crippen LogP contribution in [0.4, 0.5) is 0 Å². The molecule has 1 amide bonds. The lowest BCUT2D eigenvalue weighted by Crippen LogP contribution is -2.43. The van der Waals surface area contributed by atoms with E-state index in [1.807, 2.05) is 0 Å². The Morgan fingerprint density at radius 3 is 2.25 bits per heavy atom. The average molecular weight is 363 g/mol. The molecule has 1 aromatic rings. The Kier molecular flexibility index (Phi) is 5.73. The third-order valence-electron chi connectivity index (χ3n) is 2.93. The number of hydrogen-bond donors (Lipinski definition) is 2. The molecule has 0 heterocycles. The SMILES string of the molecule is CNC(=O)C(C)(C)CNS(=O)(=O)c1ccc(CBr)cc1. The van der Waals surface area contributed by atoms with E-state index in [0.717, 1.165) is 5.56 Å². The zero-order chi connectivity index (χ0) is 15.4. The van der Waals surface area contributed by atoms with Gasteiger partial charge in [0.1, 0.15) is 0 Å². The number of halogens is 1. The van der Waals surface area contributed by atoms with Gasteiger partial charge in [0, 0.05) is 18.9 Å². The van der Waals surface area contributed by atoms with Crippen molar-refractivity contribution in [2.75, 3.05) is 13.6 Å². The van der Waals surface area contributed by atoms with E-state index in [9.17, 15) is 13.2 Å². The van der Waals surface area contributed by atoms with Gasteiger partial charge in [-0.15, -0.1) is 0 Å². The highest BCUT2D eigenvalue weighted by molar-refractivity contribution is 9.08. The van der Waals surface area contributed by atoms with Crippen LogP contribution in [0.2, 0.25) is 0 Å². The van der Waals surface area contributed by atoms with Gasteiger partial charge in [-0.05, 0) is 31.5 Å². The van der Waals surface area contributed by atoms with Crippen LogP contribution in [0.3, 0.4) is 0 Å². The number of rotatable bonds is 6. The summed E-state index contributed by atoms with van der Waals surface area (Å²) in [6.07, 6.45) is 0. The Morgan fingerprint density at radius 1 is 1.25 bits per heavy atom. The van der Waals surface area contributed by atoms with Gasteiger partial charge in [0.2, 0.25) is 15.9 Å². The second-order valence-corrected chi connectivity index (χ2v) is 7.39. The molecule has 0 spiro atoms. The molecule has 1 rings (SSSR count). The van der Waals surface area contributed by atoms with Gasteiger partial charge in [-0.2, -0.15) is 0 Å². The van der Waals surface area contributed by atoms with Crippen molar-refractivity contribution in [2.45, 2.75) is 24.1 Å². The molecule has 0 saturated carbocycles. The van der Waals surface area contributed by atoms with Crippen molar-refractivity contribution in [3.05, 3.63) is 29.8 Å². The van der Waals surface area contributed by atoms with Crippen molar-refractivity contribution in [1.82, 2.24) is 10.0 Å². The summed E-state index contributed by atoms with van der Waals surface area (Å²) in [7, 11) is -2.08. The zero-order valence-electron chi connectivity index (χ0n) is 11.7. The first-order valence-electron chi connectivity index (χ1n) is 6.09. The molecule has 0 aromatic heterocycles. The molecule has 0 saturated heterocycles. The number of carbonyl (C=O) groups excluding carboxylic acids is 1. The summed E-state index contributed by atoms with van der Waals surface area (Å²) in [5.74, 6) is -0.213. The summed E-state index contributed by atoms with van der Waals surface area (Å²) in [4.78, 5) is 11.8. The summed E-state index contributed by atoms with van der Waals surface area (Å²) in [6.45, 7) is 3.40. The Balaban J connectivity index is 2.82. The summed E-state index contributed by atoms with van der Waals surface area (Å²) in [5, 5.41) is 3.19. The van der Waals surface area contributed by atoms with Gasteiger partial charge in [0.25, 0.3) is 0 Å². The molecule has 0 radical (unpaired) electrons. The zero-order valence-corrected chi connectivity index (χ0v) is 14.1. The van der Waals surface area contributed by atoms with Crippen molar-refractivity contribution >= 4 is 31.9 Å². The second-order valence-electron chi connectivity index (χ2n) is 5.07. The number of alkyl halides is 1. The van der Waals surface area contributed by atoms with Crippen LogP contribution >= 0.6 is 15.9 Å². The third-order valence-corrected chi connectivity index (χ3v) is 5.00. The third kappa shape index (κ3) is 4.29. The van der Waals surface area contributed by atoms with Crippen LogP contribution in [-0.4, -0.2) is 27.9 Å². The molecule has 7 heteroatoms. The topological polar surface area (TPSA) is 75.3 Å². The fourth-order valence-electron chi connectivity index (χ4n) is 1.54. The van der Waals surface area contributed by atoms with Crippen LogP contribution in [0.15, 0.2) is 29.2 Å². The summed E-state index contributed by atoms with van der Waals surface area (Å²) >= 11 is 3.30. The van der Waals surface area contributed by atoms with Crippen LogP contribution in [0.1, 0.15) is 19.4 Å². The molecule has 1 aromatic carbocycles. The molecule has 112 valence electrons. The van der Waals surface area contributed by atoms with E-state index in [1.54, 1.807) is 38.1 Å². The predicted octanol–water partition coefficient (Wildman–Crippen LogP) is 1.63. The standard InChI is InChI=1S/C13H19BrN2O3S/c1-13(2,12(17)15-3)9-16-20(18,19)11-6-4-10(8-14)5-7-11/h4-7,16H,8-9H2,1-3H3,(H,15,17). The number of benzene rings is 1. The molecule has 2 N–H and O–H groups in total. The van der Waals surface area contributed by atoms with E-state index in [-0.39, 0.29) is 17.3 Å². The van der Waals surface area contributed by atoms with Gasteiger partial charge in [0.05, 0.1) is 10.3 Å². The monoisotopic (exact) mass is 362 g/mol. The van der Waals surface area contributed by atoms with Crippen molar-refractivity contribution in [3.8, 4) is 0 Å². The maximum absolute atomic E-state index is 12.1. The van der Waals surface area contributed by atoms with Gasteiger partial charge < -0.3 is 5.32 Å². The minimum absolute atomic E-state index is 0.0369. The van der Waals surface area contributed by atoms with Crippen LogP contribution in [0, 0.1) is 5.41 Å². The molecular weight excluding hydrogens is 344 g/mol. The molecule has 5 nitrogen and oxygen atoms in total. The first-order chi connectivity index (χ1) is 9.23. The van der Waals surface area contributed by atoms with Crippen molar-refractivity contribution in [3.63, 3.8) is 0 Å². The Morgan fingerprint density at radius 2 is 1.80 bits per heavy atom. The number of nitrogens with one attached hydrogen (secondary N) is 2. The Bertz CT molecular complexity index is 568. The summed E-state index contributed by atoms with van der Waals surface area (Å²) in [6, 6.07) is 6.58. The van der Waals surface area contributed by atoms with Gasteiger partial charge in [-0.1, -0.05) is 28.1 Å². The lowest BCUT2D eigenvalue weighted by atomic mass is 9.93. The number of amides is 1.